The molecule has 5 heteroatoms. The molecule has 0 aliphatic heterocycles. The summed E-state index contributed by atoms with van der Waals surface area (Å²) in [5.74, 6) is 0.821. The monoisotopic (exact) mass is 250 g/mol. The van der Waals surface area contributed by atoms with Gasteiger partial charge in [0, 0.05) is 12.1 Å². The third-order valence-electron chi connectivity index (χ3n) is 3.40. The van der Waals surface area contributed by atoms with Crippen LogP contribution in [-0.4, -0.2) is 14.7 Å². The Morgan fingerprint density at radius 3 is 2.89 bits per heavy atom. The Morgan fingerprint density at radius 2 is 2.21 bits per heavy atom. The molecule has 1 aliphatic rings. The molecule has 1 aliphatic carbocycles. The van der Waals surface area contributed by atoms with E-state index >= 15 is 0 Å². The predicted octanol–water partition coefficient (Wildman–Crippen LogP) is 2.90. The standard InChI is InChI=1S/C14H10N4O/c15-8-9-1-4-13-12(7-9)16-14(11-5-6-19-17-11)18(13)10-2-3-10/h1,4-7,10H,2-3H2. The van der Waals surface area contributed by atoms with Gasteiger partial charge in [-0.1, -0.05) is 5.16 Å². The van der Waals surface area contributed by atoms with Crippen LogP contribution in [0, 0.1) is 11.3 Å². The number of hydrogen-bond donors (Lipinski definition) is 0. The number of imidazole rings is 1. The van der Waals surface area contributed by atoms with Crippen molar-refractivity contribution in [2.75, 3.05) is 0 Å². The van der Waals surface area contributed by atoms with Crippen molar-refractivity contribution in [3.05, 3.63) is 36.1 Å². The summed E-state index contributed by atoms with van der Waals surface area (Å²) in [7, 11) is 0. The molecule has 0 atom stereocenters. The average Bonchev–Trinajstić information content (AvgIpc) is 3.01. The zero-order chi connectivity index (χ0) is 12.8. The molecule has 92 valence electrons. The lowest BCUT2D eigenvalue weighted by atomic mass is 10.2. The number of rotatable bonds is 2. The van der Waals surface area contributed by atoms with Crippen LogP contribution in [0.1, 0.15) is 24.4 Å². The summed E-state index contributed by atoms with van der Waals surface area (Å²) >= 11 is 0. The molecule has 3 aromatic rings. The Balaban J connectivity index is 2.02. The molecule has 0 saturated heterocycles. The summed E-state index contributed by atoms with van der Waals surface area (Å²) in [5, 5.41) is 12.9. The van der Waals surface area contributed by atoms with E-state index in [1.165, 1.54) is 0 Å². The van der Waals surface area contributed by atoms with E-state index in [-0.39, 0.29) is 0 Å². The zero-order valence-corrected chi connectivity index (χ0v) is 10.1. The van der Waals surface area contributed by atoms with Gasteiger partial charge in [0.1, 0.15) is 12.0 Å². The molecule has 0 bridgehead atoms. The van der Waals surface area contributed by atoms with Gasteiger partial charge in [0.2, 0.25) is 0 Å². The van der Waals surface area contributed by atoms with E-state index in [1.54, 1.807) is 6.26 Å². The second-order valence-electron chi connectivity index (χ2n) is 4.74. The first-order valence-corrected chi connectivity index (χ1v) is 6.19. The molecule has 5 nitrogen and oxygen atoms in total. The number of benzene rings is 1. The van der Waals surface area contributed by atoms with Crippen LogP contribution in [0.5, 0.6) is 0 Å². The number of fused-ring (bicyclic) bond motifs is 1. The number of aromatic nitrogens is 3. The maximum Gasteiger partial charge on any atom is 0.163 e. The van der Waals surface area contributed by atoms with Crippen molar-refractivity contribution >= 4 is 11.0 Å². The van der Waals surface area contributed by atoms with Gasteiger partial charge >= 0.3 is 0 Å². The fraction of sp³-hybridized carbons (Fsp3) is 0.214. The molecule has 0 radical (unpaired) electrons. The first kappa shape index (κ1) is 10.3. The SMILES string of the molecule is N#Cc1ccc2c(c1)nc(-c1ccon1)n2C1CC1. The van der Waals surface area contributed by atoms with E-state index in [2.05, 4.69) is 20.8 Å². The van der Waals surface area contributed by atoms with Crippen LogP contribution in [0.25, 0.3) is 22.6 Å². The topological polar surface area (TPSA) is 67.6 Å². The lowest BCUT2D eigenvalue weighted by Gasteiger charge is -2.04. The summed E-state index contributed by atoms with van der Waals surface area (Å²) in [6, 6.07) is 10.1. The molecule has 19 heavy (non-hydrogen) atoms. The minimum atomic E-state index is 0.490. The van der Waals surface area contributed by atoms with Crippen molar-refractivity contribution in [3.8, 4) is 17.6 Å². The second kappa shape index (κ2) is 3.69. The highest BCUT2D eigenvalue weighted by atomic mass is 16.5. The lowest BCUT2D eigenvalue weighted by molar-refractivity contribution is 0.421. The maximum absolute atomic E-state index is 8.97. The molecule has 0 amide bonds. The smallest absolute Gasteiger partial charge is 0.163 e. The largest absolute Gasteiger partial charge is 0.364 e. The van der Waals surface area contributed by atoms with Crippen molar-refractivity contribution in [1.82, 2.24) is 14.7 Å². The summed E-state index contributed by atoms with van der Waals surface area (Å²) < 4.78 is 7.11. The molecule has 0 N–H and O–H groups in total. The van der Waals surface area contributed by atoms with Crippen LogP contribution in [0.3, 0.4) is 0 Å². The van der Waals surface area contributed by atoms with Crippen LogP contribution < -0.4 is 0 Å². The molecule has 1 aromatic carbocycles. The second-order valence-corrected chi connectivity index (χ2v) is 4.74. The zero-order valence-electron chi connectivity index (χ0n) is 10.1. The lowest BCUT2D eigenvalue weighted by Crippen LogP contribution is -1.97. The van der Waals surface area contributed by atoms with Crippen LogP contribution >= 0.6 is 0 Å². The van der Waals surface area contributed by atoms with Crippen LogP contribution in [0.2, 0.25) is 0 Å². The summed E-state index contributed by atoms with van der Waals surface area (Å²) in [4.78, 5) is 4.61. The fourth-order valence-electron chi connectivity index (χ4n) is 2.38. The molecule has 4 rings (SSSR count). The van der Waals surface area contributed by atoms with Gasteiger partial charge in [-0.2, -0.15) is 5.26 Å². The summed E-state index contributed by atoms with van der Waals surface area (Å²) in [6.07, 6.45) is 3.87. The van der Waals surface area contributed by atoms with E-state index in [4.69, 9.17) is 9.78 Å². The van der Waals surface area contributed by atoms with Crippen molar-refractivity contribution in [2.45, 2.75) is 18.9 Å². The molecule has 0 unspecified atom stereocenters. The maximum atomic E-state index is 8.97. The van der Waals surface area contributed by atoms with Crippen molar-refractivity contribution < 1.29 is 4.52 Å². The first-order chi connectivity index (χ1) is 9.36. The van der Waals surface area contributed by atoms with Gasteiger partial charge in [0.05, 0.1) is 22.7 Å². The third kappa shape index (κ3) is 1.54. The highest BCUT2D eigenvalue weighted by Crippen LogP contribution is 2.41. The van der Waals surface area contributed by atoms with Gasteiger partial charge in [0.25, 0.3) is 0 Å². The van der Waals surface area contributed by atoms with E-state index in [0.29, 0.717) is 11.6 Å². The summed E-state index contributed by atoms with van der Waals surface area (Å²) in [6.45, 7) is 0. The third-order valence-corrected chi connectivity index (χ3v) is 3.40. The van der Waals surface area contributed by atoms with Crippen molar-refractivity contribution in [1.29, 1.82) is 5.26 Å². The first-order valence-electron chi connectivity index (χ1n) is 6.19. The van der Waals surface area contributed by atoms with E-state index in [0.717, 1.165) is 35.4 Å². The fourth-order valence-corrected chi connectivity index (χ4v) is 2.38. The predicted molar refractivity (Wildman–Crippen MR) is 68.2 cm³/mol. The molecule has 0 spiro atoms. The van der Waals surface area contributed by atoms with Gasteiger partial charge in [-0.3, -0.25) is 0 Å². The number of nitrogens with zero attached hydrogens (tertiary/aromatic N) is 4. The Labute approximate surface area is 109 Å². The minimum absolute atomic E-state index is 0.490. The Bertz CT molecular complexity index is 791. The van der Waals surface area contributed by atoms with Crippen LogP contribution in [0.4, 0.5) is 0 Å². The number of hydrogen-bond acceptors (Lipinski definition) is 4. The Morgan fingerprint density at radius 1 is 1.32 bits per heavy atom. The molecule has 1 fully saturated rings. The Hall–Kier alpha value is -2.61. The van der Waals surface area contributed by atoms with Crippen molar-refractivity contribution in [3.63, 3.8) is 0 Å². The molecular weight excluding hydrogens is 240 g/mol. The quantitative estimate of drug-likeness (QED) is 0.701. The Kier molecular flexibility index (Phi) is 2.00. The van der Waals surface area contributed by atoms with Gasteiger partial charge in [-0.25, -0.2) is 4.98 Å². The molecular formula is C14H10N4O. The van der Waals surface area contributed by atoms with Crippen LogP contribution in [-0.2, 0) is 0 Å². The highest BCUT2D eigenvalue weighted by Gasteiger charge is 2.29. The van der Waals surface area contributed by atoms with Gasteiger partial charge < -0.3 is 9.09 Å². The molecule has 2 aromatic heterocycles. The molecule has 1 saturated carbocycles. The van der Waals surface area contributed by atoms with Gasteiger partial charge in [-0.05, 0) is 31.0 Å². The van der Waals surface area contributed by atoms with Gasteiger partial charge in [0.15, 0.2) is 5.82 Å². The van der Waals surface area contributed by atoms with E-state index < -0.39 is 0 Å². The highest BCUT2D eigenvalue weighted by molar-refractivity contribution is 5.81. The van der Waals surface area contributed by atoms with E-state index in [9.17, 15) is 0 Å². The van der Waals surface area contributed by atoms with Crippen LogP contribution in [0.15, 0.2) is 35.1 Å². The van der Waals surface area contributed by atoms with E-state index in [1.807, 2.05) is 24.3 Å². The molecule has 2 heterocycles. The average molecular weight is 250 g/mol. The normalized spacial score (nSPS) is 14.7. The minimum Gasteiger partial charge on any atom is -0.364 e. The number of nitriles is 1. The summed E-state index contributed by atoms with van der Waals surface area (Å²) in [5.41, 5.74) is 3.25. The van der Waals surface area contributed by atoms with Gasteiger partial charge in [-0.15, -0.1) is 0 Å². The van der Waals surface area contributed by atoms with Crippen molar-refractivity contribution in [2.24, 2.45) is 0 Å².